The number of para-hydroxylation sites is 2. The van der Waals surface area contributed by atoms with Crippen LogP contribution in [-0.4, -0.2) is 53.0 Å². The van der Waals surface area contributed by atoms with Crippen LogP contribution in [0, 0.1) is 5.82 Å². The van der Waals surface area contributed by atoms with E-state index < -0.39 is 0 Å². The first kappa shape index (κ1) is 24.7. The number of rotatable bonds is 6. The number of azo groups is 1. The van der Waals surface area contributed by atoms with Crippen LogP contribution in [0.2, 0.25) is 0 Å². The molecule has 8 nitrogen and oxygen atoms in total. The molecule has 0 unspecified atom stereocenters. The van der Waals surface area contributed by atoms with Gasteiger partial charge in [0, 0.05) is 43.3 Å². The minimum absolute atomic E-state index is 0.0191. The quantitative estimate of drug-likeness (QED) is 0.250. The second kappa shape index (κ2) is 10.9. The van der Waals surface area contributed by atoms with Crippen molar-refractivity contribution in [3.05, 3.63) is 78.6 Å². The average Bonchev–Trinajstić information content (AvgIpc) is 3.18. The Labute approximate surface area is 219 Å². The van der Waals surface area contributed by atoms with Crippen LogP contribution in [0.25, 0.3) is 10.9 Å². The van der Waals surface area contributed by atoms with E-state index in [0.717, 1.165) is 29.7 Å². The number of thiocarbonyl (C=S) groups is 1. The van der Waals surface area contributed by atoms with E-state index in [0.29, 0.717) is 36.9 Å². The van der Waals surface area contributed by atoms with E-state index >= 15 is 0 Å². The molecule has 3 aromatic carbocycles. The van der Waals surface area contributed by atoms with Crippen molar-refractivity contribution in [2.45, 2.75) is 6.67 Å². The molecule has 0 spiro atoms. The molecular formula is C27H27FN6O2S. The Hall–Kier alpha value is -4.02. The van der Waals surface area contributed by atoms with Crippen LogP contribution >= 0.6 is 12.2 Å². The normalized spacial score (nSPS) is 14.4. The summed E-state index contributed by atoms with van der Waals surface area (Å²) >= 11 is 5.34. The zero-order valence-corrected chi connectivity index (χ0v) is 21.2. The predicted molar refractivity (Wildman–Crippen MR) is 148 cm³/mol. The maximum absolute atomic E-state index is 14.2. The van der Waals surface area contributed by atoms with E-state index in [2.05, 4.69) is 25.3 Å². The van der Waals surface area contributed by atoms with Gasteiger partial charge in [-0.2, -0.15) is 0 Å². The monoisotopic (exact) mass is 518 g/mol. The highest BCUT2D eigenvalue weighted by atomic mass is 32.1. The summed E-state index contributed by atoms with van der Waals surface area (Å²) in [6.45, 7) is 3.31. The SMILES string of the molecule is COc1cccc(NC(=S)N=Nc2c(O)n(CN3CCN(c4ccccc4F)CC3)c3ccccc23)c1. The van der Waals surface area contributed by atoms with Crippen molar-refractivity contribution in [2.24, 2.45) is 10.2 Å². The predicted octanol–water partition coefficient (Wildman–Crippen LogP) is 5.76. The van der Waals surface area contributed by atoms with Gasteiger partial charge in [-0.15, -0.1) is 10.2 Å². The number of anilines is 2. The molecule has 0 amide bonds. The molecule has 0 atom stereocenters. The molecule has 1 aliphatic rings. The van der Waals surface area contributed by atoms with Crippen LogP contribution in [-0.2, 0) is 6.67 Å². The Bertz CT molecular complexity index is 1450. The largest absolute Gasteiger partial charge is 0.497 e. The van der Waals surface area contributed by atoms with E-state index in [1.54, 1.807) is 25.3 Å². The number of fused-ring (bicyclic) bond motifs is 1. The third kappa shape index (κ3) is 5.40. The molecule has 10 heteroatoms. The van der Waals surface area contributed by atoms with Gasteiger partial charge in [0.15, 0.2) is 5.69 Å². The Kier molecular flexibility index (Phi) is 7.29. The fourth-order valence-electron chi connectivity index (χ4n) is 4.50. The number of piperazine rings is 1. The molecule has 0 saturated carbocycles. The van der Waals surface area contributed by atoms with E-state index in [9.17, 15) is 9.50 Å². The molecule has 1 saturated heterocycles. The van der Waals surface area contributed by atoms with Crippen molar-refractivity contribution >= 4 is 45.3 Å². The van der Waals surface area contributed by atoms with Crippen molar-refractivity contribution < 1.29 is 14.2 Å². The van der Waals surface area contributed by atoms with E-state index in [1.165, 1.54) is 6.07 Å². The van der Waals surface area contributed by atoms with Gasteiger partial charge in [0.25, 0.3) is 0 Å². The highest BCUT2D eigenvalue weighted by Gasteiger charge is 2.23. The van der Waals surface area contributed by atoms with Gasteiger partial charge in [0.1, 0.15) is 11.6 Å². The van der Waals surface area contributed by atoms with E-state index in [4.69, 9.17) is 17.0 Å². The fraction of sp³-hybridized carbons (Fsp3) is 0.222. The van der Waals surface area contributed by atoms with Gasteiger partial charge in [-0.1, -0.05) is 36.4 Å². The number of hydrogen-bond acceptors (Lipinski definition) is 6. The summed E-state index contributed by atoms with van der Waals surface area (Å²) in [6, 6.07) is 21.8. The smallest absolute Gasteiger partial charge is 0.221 e. The first-order chi connectivity index (χ1) is 18.0. The van der Waals surface area contributed by atoms with Crippen molar-refractivity contribution in [1.29, 1.82) is 0 Å². The van der Waals surface area contributed by atoms with Gasteiger partial charge in [0.05, 0.1) is 25.0 Å². The van der Waals surface area contributed by atoms with Gasteiger partial charge in [-0.25, -0.2) is 4.39 Å². The number of methoxy groups -OCH3 is 1. The summed E-state index contributed by atoms with van der Waals surface area (Å²) in [6.07, 6.45) is 0. The maximum Gasteiger partial charge on any atom is 0.221 e. The molecule has 37 heavy (non-hydrogen) atoms. The van der Waals surface area contributed by atoms with E-state index in [-0.39, 0.29) is 16.8 Å². The van der Waals surface area contributed by atoms with Gasteiger partial charge >= 0.3 is 0 Å². The van der Waals surface area contributed by atoms with Gasteiger partial charge in [0.2, 0.25) is 11.0 Å². The zero-order chi connectivity index (χ0) is 25.8. The van der Waals surface area contributed by atoms with Crippen LogP contribution in [0.15, 0.2) is 83.0 Å². The summed E-state index contributed by atoms with van der Waals surface area (Å²) < 4.78 is 21.3. The first-order valence-electron chi connectivity index (χ1n) is 11.9. The molecule has 5 rings (SSSR count). The Balaban J connectivity index is 1.31. The van der Waals surface area contributed by atoms with Crippen LogP contribution < -0.4 is 15.0 Å². The number of nitrogens with one attached hydrogen (secondary N) is 1. The lowest BCUT2D eigenvalue weighted by Gasteiger charge is -2.36. The number of halogens is 1. The number of nitrogens with zero attached hydrogens (tertiary/aromatic N) is 5. The molecule has 2 heterocycles. The third-order valence-corrected chi connectivity index (χ3v) is 6.57. The number of aromatic nitrogens is 1. The zero-order valence-electron chi connectivity index (χ0n) is 20.3. The summed E-state index contributed by atoms with van der Waals surface area (Å²) in [7, 11) is 1.60. The number of ether oxygens (including phenoxy) is 1. The minimum atomic E-state index is -0.209. The van der Waals surface area contributed by atoms with Crippen LogP contribution in [0.3, 0.4) is 0 Å². The molecular weight excluding hydrogens is 491 g/mol. The van der Waals surface area contributed by atoms with Gasteiger partial charge in [-0.3, -0.25) is 9.47 Å². The van der Waals surface area contributed by atoms with Crippen molar-refractivity contribution in [3.63, 3.8) is 0 Å². The minimum Gasteiger partial charge on any atom is -0.497 e. The lowest BCUT2D eigenvalue weighted by molar-refractivity contribution is 0.200. The van der Waals surface area contributed by atoms with Crippen molar-refractivity contribution in [3.8, 4) is 11.6 Å². The third-order valence-electron chi connectivity index (χ3n) is 6.39. The molecule has 4 aromatic rings. The van der Waals surface area contributed by atoms with Crippen LogP contribution in [0.4, 0.5) is 21.5 Å². The molecule has 2 N–H and O–H groups in total. The Morgan fingerprint density at radius 2 is 1.78 bits per heavy atom. The van der Waals surface area contributed by atoms with Crippen molar-refractivity contribution in [1.82, 2.24) is 9.47 Å². The molecule has 0 bridgehead atoms. The molecule has 190 valence electrons. The highest BCUT2D eigenvalue weighted by molar-refractivity contribution is 7.80. The van der Waals surface area contributed by atoms with Crippen molar-refractivity contribution in [2.75, 3.05) is 43.5 Å². The lowest BCUT2D eigenvalue weighted by Crippen LogP contribution is -2.47. The molecule has 1 aromatic heterocycles. The standard InChI is InChI=1S/C27H27FN6O2S/c1-36-20-8-6-7-19(17-20)29-27(37)31-30-25-21-9-2-4-11-23(21)34(26(25)35)18-32-13-15-33(16-14-32)24-12-5-3-10-22(24)28/h2-12,17,35H,13-16,18H2,1H3,(H,29,37). The molecule has 1 aliphatic heterocycles. The van der Waals surface area contributed by atoms with Gasteiger partial charge in [-0.05, 0) is 42.5 Å². The number of aromatic hydroxyl groups is 1. The van der Waals surface area contributed by atoms with Gasteiger partial charge < -0.3 is 20.1 Å². The molecule has 1 fully saturated rings. The second-order valence-electron chi connectivity index (χ2n) is 8.68. The summed E-state index contributed by atoms with van der Waals surface area (Å²) in [5, 5.41) is 23.5. The number of hydrogen-bond donors (Lipinski definition) is 2. The lowest BCUT2D eigenvalue weighted by atomic mass is 10.2. The Morgan fingerprint density at radius 1 is 1.03 bits per heavy atom. The van der Waals surface area contributed by atoms with Crippen LogP contribution in [0.1, 0.15) is 0 Å². The summed E-state index contributed by atoms with van der Waals surface area (Å²) in [5.74, 6) is 0.504. The average molecular weight is 519 g/mol. The topological polar surface area (TPSA) is 77.6 Å². The van der Waals surface area contributed by atoms with Crippen LogP contribution in [0.5, 0.6) is 11.6 Å². The Morgan fingerprint density at radius 3 is 2.57 bits per heavy atom. The summed E-state index contributed by atoms with van der Waals surface area (Å²) in [4.78, 5) is 4.27. The molecule has 0 aliphatic carbocycles. The second-order valence-corrected chi connectivity index (χ2v) is 9.06. The highest BCUT2D eigenvalue weighted by Crippen LogP contribution is 2.39. The maximum atomic E-state index is 14.2. The van der Waals surface area contributed by atoms with E-state index in [1.807, 2.05) is 53.1 Å². The fourth-order valence-corrected chi connectivity index (χ4v) is 4.66. The first-order valence-corrected chi connectivity index (χ1v) is 12.3. The molecule has 0 radical (unpaired) electrons. The summed E-state index contributed by atoms with van der Waals surface area (Å²) in [5.41, 5.74) is 2.55. The number of benzene rings is 3.